The molecule has 1 aliphatic rings. The van der Waals surface area contributed by atoms with Crippen LogP contribution in [0.5, 0.6) is 0 Å². The molecule has 0 spiro atoms. The third-order valence-corrected chi connectivity index (χ3v) is 3.29. The third kappa shape index (κ3) is 2.33. The van der Waals surface area contributed by atoms with Crippen LogP contribution in [0.3, 0.4) is 0 Å². The Labute approximate surface area is 100 Å². The van der Waals surface area contributed by atoms with Crippen LogP contribution in [0.4, 0.5) is 0 Å². The van der Waals surface area contributed by atoms with E-state index in [0.29, 0.717) is 5.92 Å². The zero-order chi connectivity index (χ0) is 11.5. The second kappa shape index (κ2) is 4.85. The number of nitrogens with zero attached hydrogens (tertiary/aromatic N) is 1. The van der Waals surface area contributed by atoms with Crippen molar-refractivity contribution in [3.8, 4) is 0 Å². The highest BCUT2D eigenvalue weighted by Crippen LogP contribution is 2.19. The minimum absolute atomic E-state index is 0.554. The molecule has 0 aliphatic carbocycles. The number of fused-ring (bicyclic) bond motifs is 1. The van der Waals surface area contributed by atoms with E-state index in [1.165, 1.54) is 10.9 Å². The summed E-state index contributed by atoms with van der Waals surface area (Å²) in [4.78, 5) is 0. The molecule has 17 heavy (non-hydrogen) atoms. The molecule has 0 saturated carbocycles. The number of aromatic nitrogens is 2. The lowest BCUT2D eigenvalue weighted by Gasteiger charge is -2.14. The van der Waals surface area contributed by atoms with Gasteiger partial charge in [-0.15, -0.1) is 0 Å². The summed E-state index contributed by atoms with van der Waals surface area (Å²) in [6, 6.07) is 6.33. The molecule has 1 saturated heterocycles. The summed E-state index contributed by atoms with van der Waals surface area (Å²) in [6.07, 6.45) is 2.96. The van der Waals surface area contributed by atoms with Gasteiger partial charge >= 0.3 is 0 Å². The first-order valence-electron chi connectivity index (χ1n) is 6.13. The van der Waals surface area contributed by atoms with Crippen molar-refractivity contribution >= 4 is 10.9 Å². The van der Waals surface area contributed by atoms with Crippen molar-refractivity contribution in [2.45, 2.75) is 6.42 Å². The van der Waals surface area contributed by atoms with E-state index in [-0.39, 0.29) is 0 Å². The molecule has 0 amide bonds. The van der Waals surface area contributed by atoms with Crippen molar-refractivity contribution in [1.29, 1.82) is 0 Å². The average Bonchev–Trinajstić information content (AvgIpc) is 2.69. The number of aromatic amines is 1. The quantitative estimate of drug-likeness (QED) is 0.820. The van der Waals surface area contributed by atoms with Crippen molar-refractivity contribution in [3.63, 3.8) is 0 Å². The molecule has 3 rings (SSSR count). The first-order chi connectivity index (χ1) is 8.43. The predicted octanol–water partition coefficient (Wildman–Crippen LogP) is 1.34. The normalized spacial score (nSPS) is 21.5. The molecule has 2 aromatic rings. The Morgan fingerprint density at radius 2 is 2.41 bits per heavy atom. The van der Waals surface area contributed by atoms with Gasteiger partial charge in [-0.1, -0.05) is 12.1 Å². The van der Waals surface area contributed by atoms with Gasteiger partial charge < -0.3 is 10.1 Å². The van der Waals surface area contributed by atoms with Crippen molar-refractivity contribution in [3.05, 3.63) is 30.0 Å². The molecule has 1 fully saturated rings. The highest BCUT2D eigenvalue weighted by atomic mass is 16.5. The highest BCUT2D eigenvalue weighted by Gasteiger charge is 2.14. The molecular weight excluding hydrogens is 214 g/mol. The molecule has 90 valence electrons. The zero-order valence-electron chi connectivity index (χ0n) is 9.78. The Morgan fingerprint density at radius 3 is 3.41 bits per heavy atom. The van der Waals surface area contributed by atoms with E-state index in [1.807, 2.05) is 6.20 Å². The van der Waals surface area contributed by atoms with Crippen LogP contribution < -0.4 is 5.32 Å². The van der Waals surface area contributed by atoms with Crippen molar-refractivity contribution in [1.82, 2.24) is 15.5 Å². The molecule has 2 heterocycles. The first-order valence-corrected chi connectivity index (χ1v) is 6.13. The second-order valence-electron chi connectivity index (χ2n) is 4.60. The first kappa shape index (κ1) is 10.7. The fourth-order valence-corrected chi connectivity index (χ4v) is 2.41. The summed E-state index contributed by atoms with van der Waals surface area (Å²) < 4.78 is 5.59. The number of benzene rings is 1. The van der Waals surface area contributed by atoms with Gasteiger partial charge in [0.1, 0.15) is 0 Å². The molecule has 2 N–H and O–H groups in total. The number of hydrogen-bond acceptors (Lipinski definition) is 3. The maximum absolute atomic E-state index is 5.59. The van der Waals surface area contributed by atoms with E-state index in [1.54, 1.807) is 0 Å². The van der Waals surface area contributed by atoms with Gasteiger partial charge in [-0.25, -0.2) is 0 Å². The molecule has 1 atom stereocenters. The molecule has 1 aliphatic heterocycles. The Hall–Kier alpha value is -1.39. The van der Waals surface area contributed by atoms with Crippen LogP contribution in [0.15, 0.2) is 24.4 Å². The highest BCUT2D eigenvalue weighted by molar-refractivity contribution is 5.81. The summed E-state index contributed by atoms with van der Waals surface area (Å²) in [5.74, 6) is 0.554. The van der Waals surface area contributed by atoms with E-state index in [4.69, 9.17) is 4.74 Å². The van der Waals surface area contributed by atoms with Gasteiger partial charge in [0.15, 0.2) is 0 Å². The fourth-order valence-electron chi connectivity index (χ4n) is 2.41. The smallest absolute Gasteiger partial charge is 0.0653 e. The molecule has 4 nitrogen and oxygen atoms in total. The van der Waals surface area contributed by atoms with Gasteiger partial charge in [-0.3, -0.25) is 5.10 Å². The molecule has 4 heteroatoms. The molecule has 0 radical (unpaired) electrons. The van der Waals surface area contributed by atoms with Gasteiger partial charge in [0.05, 0.1) is 24.9 Å². The minimum atomic E-state index is 0.554. The summed E-state index contributed by atoms with van der Waals surface area (Å²) in [5.41, 5.74) is 2.47. The minimum Gasteiger partial charge on any atom is -0.380 e. The van der Waals surface area contributed by atoms with Gasteiger partial charge in [-0.05, 0) is 24.0 Å². The standard InChI is InChI=1S/C13H17N3O/c1-2-11(12-8-15-16-13(12)3-1)6-10-7-14-4-5-17-9-10/h1-3,8,10,14H,4-7,9H2,(H,15,16)/t10-/m1/s1. The zero-order valence-corrected chi connectivity index (χ0v) is 9.78. The topological polar surface area (TPSA) is 49.9 Å². The number of nitrogens with one attached hydrogen (secondary N) is 2. The average molecular weight is 231 g/mol. The Morgan fingerprint density at radius 1 is 1.41 bits per heavy atom. The molecule has 0 unspecified atom stereocenters. The lowest BCUT2D eigenvalue weighted by molar-refractivity contribution is 0.123. The van der Waals surface area contributed by atoms with Crippen molar-refractivity contribution in [2.75, 3.05) is 26.3 Å². The van der Waals surface area contributed by atoms with Gasteiger partial charge in [0.2, 0.25) is 0 Å². The van der Waals surface area contributed by atoms with Gasteiger partial charge in [-0.2, -0.15) is 5.10 Å². The van der Waals surface area contributed by atoms with E-state index >= 15 is 0 Å². The lowest BCUT2D eigenvalue weighted by atomic mass is 9.97. The number of ether oxygens (including phenoxy) is 1. The lowest BCUT2D eigenvalue weighted by Crippen LogP contribution is -2.24. The SMILES string of the molecule is c1cc(C[C@@H]2CNCCOC2)c2cn[nH]c2c1. The summed E-state index contributed by atoms with van der Waals surface area (Å²) >= 11 is 0. The molecule has 1 aromatic carbocycles. The Bertz CT molecular complexity index is 486. The maximum atomic E-state index is 5.59. The molecular formula is C13H17N3O. The summed E-state index contributed by atoms with van der Waals surface area (Å²) in [6.45, 7) is 3.67. The van der Waals surface area contributed by atoms with Crippen molar-refractivity contribution in [2.24, 2.45) is 5.92 Å². The monoisotopic (exact) mass is 231 g/mol. The van der Waals surface area contributed by atoms with Crippen LogP contribution in [0.25, 0.3) is 10.9 Å². The number of hydrogen-bond donors (Lipinski definition) is 2. The second-order valence-corrected chi connectivity index (χ2v) is 4.60. The Balaban J connectivity index is 1.81. The van der Waals surface area contributed by atoms with Crippen LogP contribution in [-0.4, -0.2) is 36.5 Å². The van der Waals surface area contributed by atoms with E-state index in [2.05, 4.69) is 33.7 Å². The van der Waals surface area contributed by atoms with E-state index in [9.17, 15) is 0 Å². The van der Waals surface area contributed by atoms with Crippen molar-refractivity contribution < 1.29 is 4.74 Å². The largest absolute Gasteiger partial charge is 0.380 e. The third-order valence-electron chi connectivity index (χ3n) is 3.29. The predicted molar refractivity (Wildman–Crippen MR) is 67.0 cm³/mol. The molecule has 1 aromatic heterocycles. The van der Waals surface area contributed by atoms with Crippen LogP contribution >= 0.6 is 0 Å². The fraction of sp³-hybridized carbons (Fsp3) is 0.462. The van der Waals surface area contributed by atoms with Crippen LogP contribution in [0.2, 0.25) is 0 Å². The number of rotatable bonds is 2. The van der Waals surface area contributed by atoms with Gasteiger partial charge in [0, 0.05) is 18.5 Å². The summed E-state index contributed by atoms with van der Waals surface area (Å²) in [5, 5.41) is 11.8. The summed E-state index contributed by atoms with van der Waals surface area (Å²) in [7, 11) is 0. The Kier molecular flexibility index (Phi) is 3.07. The van der Waals surface area contributed by atoms with E-state index < -0.39 is 0 Å². The van der Waals surface area contributed by atoms with Crippen LogP contribution in [0.1, 0.15) is 5.56 Å². The van der Waals surface area contributed by atoms with Crippen LogP contribution in [-0.2, 0) is 11.2 Å². The van der Waals surface area contributed by atoms with Gasteiger partial charge in [0.25, 0.3) is 0 Å². The van der Waals surface area contributed by atoms with Crippen LogP contribution in [0, 0.1) is 5.92 Å². The van der Waals surface area contributed by atoms with E-state index in [0.717, 1.165) is 38.2 Å². The molecule has 0 bridgehead atoms. The number of H-pyrrole nitrogens is 1. The maximum Gasteiger partial charge on any atom is 0.0653 e.